The number of rotatable bonds is 8. The van der Waals surface area contributed by atoms with Crippen molar-refractivity contribution in [3.63, 3.8) is 0 Å². The Balaban J connectivity index is 1.79. The lowest BCUT2D eigenvalue weighted by Crippen LogP contribution is -2.34. The highest BCUT2D eigenvalue weighted by molar-refractivity contribution is 5.79. The van der Waals surface area contributed by atoms with E-state index < -0.39 is 0 Å². The van der Waals surface area contributed by atoms with E-state index in [2.05, 4.69) is 33.8 Å². The maximum atomic E-state index is 13.1. The molecule has 0 aliphatic heterocycles. The Morgan fingerprint density at radius 1 is 1.10 bits per heavy atom. The molecule has 0 saturated carbocycles. The first-order chi connectivity index (χ1) is 14.4. The lowest BCUT2D eigenvalue weighted by atomic mass is 10.1. The van der Waals surface area contributed by atoms with E-state index in [-0.39, 0.29) is 5.91 Å². The van der Waals surface area contributed by atoms with Crippen LogP contribution in [0.5, 0.6) is 0 Å². The second-order valence-electron chi connectivity index (χ2n) is 7.55. The van der Waals surface area contributed by atoms with Crippen LogP contribution in [0.3, 0.4) is 0 Å². The number of nitrogens with zero attached hydrogens (tertiary/aromatic N) is 5. The van der Waals surface area contributed by atoms with Gasteiger partial charge in [-0.25, -0.2) is 14.6 Å². The molecular formula is C24H29N5O. The summed E-state index contributed by atoms with van der Waals surface area (Å²) in [6.07, 6.45) is 2.88. The standard InChI is InChI=1S/C24H29N5O/c1-6-13-28(14-12-21-10-8-7-9-11-21)23(30)16-22-19(4)27-29(20(22)5)24-25-17(2)15-18(3)26-24/h6-11,15H,1,12-14,16H2,2-5H3. The Bertz CT molecular complexity index is 1020. The van der Waals surface area contributed by atoms with Crippen LogP contribution in [-0.2, 0) is 17.6 Å². The number of carbonyl (C=O) groups excluding carboxylic acids is 1. The molecule has 1 aromatic carbocycles. The molecule has 156 valence electrons. The van der Waals surface area contributed by atoms with Crippen molar-refractivity contribution in [2.45, 2.75) is 40.5 Å². The Hall–Kier alpha value is -3.28. The highest BCUT2D eigenvalue weighted by Crippen LogP contribution is 2.18. The molecule has 2 aromatic heterocycles. The van der Waals surface area contributed by atoms with Gasteiger partial charge in [-0.3, -0.25) is 4.79 Å². The molecule has 0 unspecified atom stereocenters. The summed E-state index contributed by atoms with van der Waals surface area (Å²) in [6.45, 7) is 12.8. The quantitative estimate of drug-likeness (QED) is 0.538. The Morgan fingerprint density at radius 3 is 2.40 bits per heavy atom. The van der Waals surface area contributed by atoms with Crippen molar-refractivity contribution in [3.8, 4) is 5.95 Å². The van der Waals surface area contributed by atoms with E-state index in [0.717, 1.165) is 34.8 Å². The lowest BCUT2D eigenvalue weighted by molar-refractivity contribution is -0.129. The number of benzene rings is 1. The van der Waals surface area contributed by atoms with E-state index >= 15 is 0 Å². The number of carbonyl (C=O) groups is 1. The van der Waals surface area contributed by atoms with Gasteiger partial charge in [0.05, 0.1) is 12.1 Å². The van der Waals surface area contributed by atoms with Crippen LogP contribution in [0.2, 0.25) is 0 Å². The molecule has 0 N–H and O–H groups in total. The molecule has 2 heterocycles. The number of hydrogen-bond acceptors (Lipinski definition) is 4. The van der Waals surface area contributed by atoms with E-state index in [0.29, 0.717) is 25.5 Å². The molecule has 0 radical (unpaired) electrons. The molecule has 3 aromatic rings. The van der Waals surface area contributed by atoms with Crippen molar-refractivity contribution in [3.05, 3.63) is 83.0 Å². The Kier molecular flexibility index (Phi) is 6.77. The summed E-state index contributed by atoms with van der Waals surface area (Å²) >= 11 is 0. The third-order valence-electron chi connectivity index (χ3n) is 5.14. The fourth-order valence-corrected chi connectivity index (χ4v) is 3.57. The summed E-state index contributed by atoms with van der Waals surface area (Å²) in [5, 5.41) is 4.62. The highest BCUT2D eigenvalue weighted by atomic mass is 16.2. The van der Waals surface area contributed by atoms with Crippen LogP contribution in [0.1, 0.15) is 33.9 Å². The van der Waals surface area contributed by atoms with Crippen molar-refractivity contribution in [1.29, 1.82) is 0 Å². The second-order valence-corrected chi connectivity index (χ2v) is 7.55. The van der Waals surface area contributed by atoms with Crippen LogP contribution in [0.25, 0.3) is 5.95 Å². The maximum Gasteiger partial charge on any atom is 0.251 e. The van der Waals surface area contributed by atoms with E-state index in [9.17, 15) is 4.79 Å². The van der Waals surface area contributed by atoms with Gasteiger partial charge in [-0.15, -0.1) is 6.58 Å². The molecule has 0 saturated heterocycles. The fraction of sp³-hybridized carbons (Fsp3) is 0.333. The summed E-state index contributed by atoms with van der Waals surface area (Å²) in [6, 6.07) is 12.1. The topological polar surface area (TPSA) is 63.9 Å². The molecule has 0 aliphatic rings. The molecule has 0 fully saturated rings. The van der Waals surface area contributed by atoms with Gasteiger partial charge in [0.25, 0.3) is 5.95 Å². The largest absolute Gasteiger partial charge is 0.338 e. The predicted molar refractivity (Wildman–Crippen MR) is 119 cm³/mol. The molecule has 6 heteroatoms. The first-order valence-corrected chi connectivity index (χ1v) is 10.2. The SMILES string of the molecule is C=CCN(CCc1ccccc1)C(=O)Cc1c(C)nn(-c2nc(C)cc(C)n2)c1C. The number of hydrogen-bond donors (Lipinski definition) is 0. The van der Waals surface area contributed by atoms with Gasteiger partial charge in [-0.1, -0.05) is 36.4 Å². The van der Waals surface area contributed by atoms with E-state index in [1.165, 1.54) is 5.56 Å². The van der Waals surface area contributed by atoms with Gasteiger partial charge in [-0.05, 0) is 45.7 Å². The van der Waals surface area contributed by atoms with Gasteiger partial charge in [0.15, 0.2) is 0 Å². The number of aryl methyl sites for hydroxylation is 3. The number of aromatic nitrogens is 4. The van der Waals surface area contributed by atoms with Crippen molar-refractivity contribution < 1.29 is 4.79 Å². The molecular weight excluding hydrogens is 374 g/mol. The summed E-state index contributed by atoms with van der Waals surface area (Å²) in [5.41, 5.74) is 5.64. The first kappa shape index (κ1) is 21.4. The van der Waals surface area contributed by atoms with E-state index in [1.807, 2.05) is 56.9 Å². The van der Waals surface area contributed by atoms with Crippen molar-refractivity contribution in [1.82, 2.24) is 24.6 Å². The summed E-state index contributed by atoms with van der Waals surface area (Å²) in [7, 11) is 0. The third-order valence-corrected chi connectivity index (χ3v) is 5.14. The second kappa shape index (κ2) is 9.48. The van der Waals surface area contributed by atoms with Crippen LogP contribution in [0.15, 0.2) is 49.1 Å². The lowest BCUT2D eigenvalue weighted by Gasteiger charge is -2.21. The number of amides is 1. The zero-order valence-corrected chi connectivity index (χ0v) is 18.2. The summed E-state index contributed by atoms with van der Waals surface area (Å²) in [5.74, 6) is 0.608. The maximum absolute atomic E-state index is 13.1. The molecule has 1 amide bonds. The van der Waals surface area contributed by atoms with Gasteiger partial charge < -0.3 is 4.90 Å². The minimum absolute atomic E-state index is 0.0675. The summed E-state index contributed by atoms with van der Waals surface area (Å²) in [4.78, 5) is 24.0. The van der Waals surface area contributed by atoms with E-state index in [1.54, 1.807) is 10.8 Å². The molecule has 0 bridgehead atoms. The Labute approximate surface area is 178 Å². The van der Waals surface area contributed by atoms with Gasteiger partial charge >= 0.3 is 0 Å². The van der Waals surface area contributed by atoms with Crippen molar-refractivity contribution in [2.24, 2.45) is 0 Å². The van der Waals surface area contributed by atoms with Crippen LogP contribution in [0.4, 0.5) is 0 Å². The average molecular weight is 404 g/mol. The molecule has 0 atom stereocenters. The van der Waals surface area contributed by atoms with Crippen molar-refractivity contribution in [2.75, 3.05) is 13.1 Å². The molecule has 0 spiro atoms. The highest BCUT2D eigenvalue weighted by Gasteiger charge is 2.20. The average Bonchev–Trinajstić information content (AvgIpc) is 2.99. The smallest absolute Gasteiger partial charge is 0.251 e. The zero-order valence-electron chi connectivity index (χ0n) is 18.2. The molecule has 3 rings (SSSR count). The van der Waals surface area contributed by atoms with Crippen LogP contribution >= 0.6 is 0 Å². The fourth-order valence-electron chi connectivity index (χ4n) is 3.57. The summed E-state index contributed by atoms with van der Waals surface area (Å²) < 4.78 is 1.74. The van der Waals surface area contributed by atoms with E-state index in [4.69, 9.17) is 0 Å². The van der Waals surface area contributed by atoms with Crippen LogP contribution in [0, 0.1) is 27.7 Å². The molecule has 30 heavy (non-hydrogen) atoms. The normalized spacial score (nSPS) is 10.8. The van der Waals surface area contributed by atoms with Gasteiger partial charge in [0.2, 0.25) is 5.91 Å². The van der Waals surface area contributed by atoms with Crippen molar-refractivity contribution >= 4 is 5.91 Å². The minimum atomic E-state index is 0.0675. The molecule has 6 nitrogen and oxygen atoms in total. The monoisotopic (exact) mass is 403 g/mol. The predicted octanol–water partition coefficient (Wildman–Crippen LogP) is 3.70. The van der Waals surface area contributed by atoms with Gasteiger partial charge in [0, 0.05) is 35.7 Å². The van der Waals surface area contributed by atoms with Crippen LogP contribution in [-0.4, -0.2) is 43.6 Å². The minimum Gasteiger partial charge on any atom is -0.338 e. The third kappa shape index (κ3) is 5.00. The van der Waals surface area contributed by atoms with Crippen LogP contribution < -0.4 is 0 Å². The zero-order chi connectivity index (χ0) is 21.7. The first-order valence-electron chi connectivity index (χ1n) is 10.2. The molecule has 0 aliphatic carbocycles. The van der Waals surface area contributed by atoms with Gasteiger partial charge in [-0.2, -0.15) is 5.10 Å². The van der Waals surface area contributed by atoms with Gasteiger partial charge in [0.1, 0.15) is 0 Å². The Morgan fingerprint density at radius 2 is 1.77 bits per heavy atom.